The Morgan fingerprint density at radius 1 is 1.41 bits per heavy atom. The molecule has 0 aliphatic carbocycles. The van der Waals surface area contributed by atoms with Crippen molar-refractivity contribution in [3.8, 4) is 0 Å². The Morgan fingerprint density at radius 2 is 2.06 bits per heavy atom. The van der Waals surface area contributed by atoms with Crippen LogP contribution in [0.5, 0.6) is 0 Å². The maximum absolute atomic E-state index is 12.2. The Hall–Kier alpha value is -1.10. The number of rotatable bonds is 2. The average molecular weight is 239 g/mol. The topological polar surface area (TPSA) is 66.6 Å². The molecular weight excluding hydrogens is 218 g/mol. The van der Waals surface area contributed by atoms with E-state index in [4.69, 9.17) is 5.73 Å². The predicted molar refractivity (Wildman–Crippen MR) is 64.2 cm³/mol. The monoisotopic (exact) mass is 239 g/mol. The minimum atomic E-state index is -0.355. The predicted octanol–water partition coefficient (Wildman–Crippen LogP) is -0.0530. The summed E-state index contributed by atoms with van der Waals surface area (Å²) in [5.41, 5.74) is 5.86. The number of nitrogens with zero attached hydrogens (tertiary/aromatic N) is 2. The first-order valence-corrected chi connectivity index (χ1v) is 6.43. The van der Waals surface area contributed by atoms with Crippen molar-refractivity contribution in [3.63, 3.8) is 0 Å². The van der Waals surface area contributed by atoms with Crippen LogP contribution in [0.25, 0.3) is 0 Å². The Balaban J connectivity index is 1.99. The molecule has 0 spiro atoms. The molecule has 0 saturated carbocycles. The highest BCUT2D eigenvalue weighted by Gasteiger charge is 2.33. The van der Waals surface area contributed by atoms with Crippen LogP contribution in [0.4, 0.5) is 0 Å². The van der Waals surface area contributed by atoms with Gasteiger partial charge in [-0.25, -0.2) is 0 Å². The number of piperidine rings is 1. The summed E-state index contributed by atoms with van der Waals surface area (Å²) < 4.78 is 0. The van der Waals surface area contributed by atoms with E-state index in [-0.39, 0.29) is 23.9 Å². The zero-order chi connectivity index (χ0) is 12.4. The molecule has 5 heteroatoms. The van der Waals surface area contributed by atoms with Crippen LogP contribution in [-0.2, 0) is 9.59 Å². The third-order valence-corrected chi connectivity index (χ3v) is 3.72. The van der Waals surface area contributed by atoms with Gasteiger partial charge in [0, 0.05) is 32.1 Å². The number of nitrogens with two attached hydrogens (primary N) is 1. The fraction of sp³-hybridized carbons (Fsp3) is 0.833. The lowest BCUT2D eigenvalue weighted by atomic mass is 10.0. The smallest absolute Gasteiger partial charge is 0.245 e. The Kier molecular flexibility index (Phi) is 3.66. The molecule has 5 nitrogen and oxygen atoms in total. The summed E-state index contributed by atoms with van der Waals surface area (Å²) in [4.78, 5) is 27.5. The molecule has 2 atom stereocenters. The molecule has 0 aromatic carbocycles. The van der Waals surface area contributed by atoms with Gasteiger partial charge in [-0.05, 0) is 26.2 Å². The van der Waals surface area contributed by atoms with Crippen molar-refractivity contribution in [1.82, 2.24) is 9.80 Å². The molecule has 2 fully saturated rings. The van der Waals surface area contributed by atoms with Gasteiger partial charge in [-0.15, -0.1) is 0 Å². The fourth-order valence-electron chi connectivity index (χ4n) is 2.61. The van der Waals surface area contributed by atoms with Crippen molar-refractivity contribution in [2.24, 2.45) is 5.73 Å². The number of likely N-dealkylation sites (tertiary alicyclic amines) is 2. The summed E-state index contributed by atoms with van der Waals surface area (Å²) in [5.74, 6) is 0.136. The van der Waals surface area contributed by atoms with Crippen molar-refractivity contribution < 1.29 is 9.59 Å². The largest absolute Gasteiger partial charge is 0.341 e. The van der Waals surface area contributed by atoms with Crippen LogP contribution in [0.2, 0.25) is 0 Å². The molecule has 0 aromatic rings. The van der Waals surface area contributed by atoms with E-state index in [1.165, 1.54) is 0 Å². The van der Waals surface area contributed by atoms with Crippen LogP contribution in [0.15, 0.2) is 0 Å². The van der Waals surface area contributed by atoms with E-state index >= 15 is 0 Å². The van der Waals surface area contributed by atoms with Gasteiger partial charge >= 0.3 is 0 Å². The van der Waals surface area contributed by atoms with Crippen LogP contribution in [0.1, 0.15) is 32.6 Å². The first-order chi connectivity index (χ1) is 8.09. The van der Waals surface area contributed by atoms with Gasteiger partial charge in [-0.2, -0.15) is 0 Å². The van der Waals surface area contributed by atoms with Crippen LogP contribution >= 0.6 is 0 Å². The Bertz CT molecular complexity index is 313. The minimum absolute atomic E-state index is 0.0153. The zero-order valence-corrected chi connectivity index (χ0v) is 10.4. The molecule has 2 aliphatic heterocycles. The molecule has 2 saturated heterocycles. The number of carbonyl (C=O) groups excluding carboxylic acids is 2. The Morgan fingerprint density at radius 3 is 2.71 bits per heavy atom. The molecule has 2 N–H and O–H groups in total. The molecule has 0 aromatic heterocycles. The van der Waals surface area contributed by atoms with E-state index in [0.29, 0.717) is 13.0 Å². The van der Waals surface area contributed by atoms with Crippen LogP contribution in [0.3, 0.4) is 0 Å². The third-order valence-electron chi connectivity index (χ3n) is 3.72. The second-order valence-electron chi connectivity index (χ2n) is 5.05. The molecule has 2 rings (SSSR count). The zero-order valence-electron chi connectivity index (χ0n) is 10.4. The first-order valence-electron chi connectivity index (χ1n) is 6.43. The van der Waals surface area contributed by atoms with Gasteiger partial charge in [0.1, 0.15) is 6.04 Å². The molecule has 0 radical (unpaired) electrons. The van der Waals surface area contributed by atoms with Crippen LogP contribution < -0.4 is 5.73 Å². The molecular formula is C12H21N3O2. The second kappa shape index (κ2) is 5.04. The van der Waals surface area contributed by atoms with E-state index in [1.807, 2.05) is 11.8 Å². The van der Waals surface area contributed by atoms with Crippen LogP contribution in [0, 0.1) is 0 Å². The van der Waals surface area contributed by atoms with Gasteiger partial charge in [0.2, 0.25) is 11.8 Å². The summed E-state index contributed by atoms with van der Waals surface area (Å²) in [6, 6.07) is -0.339. The summed E-state index contributed by atoms with van der Waals surface area (Å²) >= 11 is 0. The van der Waals surface area contributed by atoms with Crippen LogP contribution in [-0.4, -0.2) is 53.3 Å². The highest BCUT2D eigenvalue weighted by Crippen LogP contribution is 2.17. The number of carbonyl (C=O) groups is 2. The summed E-state index contributed by atoms with van der Waals surface area (Å²) in [6.07, 6.45) is 3.36. The lowest BCUT2D eigenvalue weighted by molar-refractivity contribution is -0.146. The van der Waals surface area contributed by atoms with Gasteiger partial charge in [0.25, 0.3) is 0 Å². The molecule has 96 valence electrons. The number of amides is 2. The lowest BCUT2D eigenvalue weighted by Crippen LogP contribution is -2.55. The van der Waals surface area contributed by atoms with Gasteiger partial charge in [0.05, 0.1) is 0 Å². The van der Waals surface area contributed by atoms with Gasteiger partial charge in [0.15, 0.2) is 0 Å². The van der Waals surface area contributed by atoms with Gasteiger partial charge in [-0.3, -0.25) is 9.59 Å². The van der Waals surface area contributed by atoms with Crippen molar-refractivity contribution in [2.45, 2.75) is 44.7 Å². The maximum atomic E-state index is 12.2. The van der Waals surface area contributed by atoms with E-state index < -0.39 is 0 Å². The van der Waals surface area contributed by atoms with E-state index in [1.54, 1.807) is 4.90 Å². The molecule has 2 amide bonds. The van der Waals surface area contributed by atoms with E-state index in [0.717, 1.165) is 32.4 Å². The van der Waals surface area contributed by atoms with Crippen molar-refractivity contribution in [1.29, 1.82) is 0 Å². The average Bonchev–Trinajstić information content (AvgIpc) is 2.84. The molecule has 0 bridgehead atoms. The second-order valence-corrected chi connectivity index (χ2v) is 5.05. The summed E-state index contributed by atoms with van der Waals surface area (Å²) in [7, 11) is 0. The molecule has 17 heavy (non-hydrogen) atoms. The minimum Gasteiger partial charge on any atom is -0.341 e. The standard InChI is InChI=1S/C12H21N3O2/c1-9(12(17)14-6-2-3-7-14)15-8-10(13)4-5-11(15)16/h9-10H,2-8,13H2,1H3/t9-,10-/m1/s1. The van der Waals surface area contributed by atoms with E-state index in [2.05, 4.69) is 0 Å². The maximum Gasteiger partial charge on any atom is 0.245 e. The van der Waals surface area contributed by atoms with Crippen molar-refractivity contribution >= 4 is 11.8 Å². The van der Waals surface area contributed by atoms with Gasteiger partial charge in [-0.1, -0.05) is 0 Å². The molecule has 2 heterocycles. The highest BCUT2D eigenvalue weighted by molar-refractivity contribution is 5.88. The Labute approximate surface area is 102 Å². The molecule has 0 unspecified atom stereocenters. The third kappa shape index (κ3) is 2.60. The normalized spacial score (nSPS) is 27.4. The lowest BCUT2D eigenvalue weighted by Gasteiger charge is -2.36. The summed E-state index contributed by atoms with van der Waals surface area (Å²) in [5, 5.41) is 0. The van der Waals surface area contributed by atoms with E-state index in [9.17, 15) is 9.59 Å². The van der Waals surface area contributed by atoms with Crippen molar-refractivity contribution in [3.05, 3.63) is 0 Å². The quantitative estimate of drug-likeness (QED) is 0.734. The number of hydrogen-bond donors (Lipinski definition) is 1. The van der Waals surface area contributed by atoms with Crippen molar-refractivity contribution in [2.75, 3.05) is 19.6 Å². The first kappa shape index (κ1) is 12.4. The SMILES string of the molecule is C[C@H](C(=O)N1CCCC1)N1C[C@H](N)CCC1=O. The molecule has 2 aliphatic rings. The van der Waals surface area contributed by atoms with Gasteiger partial charge < -0.3 is 15.5 Å². The highest BCUT2D eigenvalue weighted by atomic mass is 16.2. The fourth-order valence-corrected chi connectivity index (χ4v) is 2.61. The number of hydrogen-bond acceptors (Lipinski definition) is 3. The summed E-state index contributed by atoms with van der Waals surface area (Å²) in [6.45, 7) is 3.99.